The van der Waals surface area contributed by atoms with Gasteiger partial charge in [0, 0.05) is 18.7 Å². The molecule has 88 valence electrons. The Kier molecular flexibility index (Phi) is 3.04. The number of aryl methyl sites for hydroxylation is 2. The van der Waals surface area contributed by atoms with Crippen molar-refractivity contribution in [1.29, 1.82) is 0 Å². The number of hydrogen-bond donors (Lipinski definition) is 1. The third-order valence-corrected chi connectivity index (χ3v) is 2.49. The average molecular weight is 231 g/mol. The molecule has 2 aromatic rings. The van der Waals surface area contributed by atoms with Crippen LogP contribution >= 0.6 is 0 Å². The Bertz CT molecular complexity index is 552. The number of nitrogens with one attached hydrogen (secondary N) is 1. The van der Waals surface area contributed by atoms with Gasteiger partial charge in [-0.05, 0) is 26.0 Å². The molecule has 0 aliphatic heterocycles. The third-order valence-electron chi connectivity index (χ3n) is 2.49. The zero-order valence-electron chi connectivity index (χ0n) is 10.1. The number of anilines is 1. The van der Waals surface area contributed by atoms with Crippen molar-refractivity contribution in [3.8, 4) is 11.3 Å². The summed E-state index contributed by atoms with van der Waals surface area (Å²) in [4.78, 5) is 8.45. The molecule has 0 amide bonds. The van der Waals surface area contributed by atoms with Gasteiger partial charge in [0.1, 0.15) is 17.5 Å². The lowest BCUT2D eigenvalue weighted by Gasteiger charge is -2.07. The zero-order chi connectivity index (χ0) is 12.4. The van der Waals surface area contributed by atoms with E-state index in [2.05, 4.69) is 15.3 Å². The number of hydrogen-bond acceptors (Lipinski definition) is 3. The molecule has 1 N–H and O–H groups in total. The molecular formula is C13H14FN3. The second-order valence-corrected chi connectivity index (χ2v) is 3.92. The maximum Gasteiger partial charge on any atom is 0.132 e. The monoisotopic (exact) mass is 231 g/mol. The van der Waals surface area contributed by atoms with Gasteiger partial charge in [0.2, 0.25) is 0 Å². The molecule has 1 aromatic carbocycles. The Morgan fingerprint density at radius 2 is 1.88 bits per heavy atom. The van der Waals surface area contributed by atoms with Crippen LogP contribution in [0.3, 0.4) is 0 Å². The first-order valence-corrected chi connectivity index (χ1v) is 5.40. The van der Waals surface area contributed by atoms with Gasteiger partial charge < -0.3 is 5.32 Å². The maximum absolute atomic E-state index is 13.7. The summed E-state index contributed by atoms with van der Waals surface area (Å²) in [6.45, 7) is 3.72. The van der Waals surface area contributed by atoms with Crippen LogP contribution in [0, 0.1) is 19.7 Å². The van der Waals surface area contributed by atoms with Crippen molar-refractivity contribution in [3.05, 3.63) is 41.5 Å². The Morgan fingerprint density at radius 3 is 2.59 bits per heavy atom. The molecule has 0 atom stereocenters. The Hall–Kier alpha value is -1.97. The quantitative estimate of drug-likeness (QED) is 0.863. The van der Waals surface area contributed by atoms with Crippen LogP contribution in [0.2, 0.25) is 0 Å². The number of aromatic nitrogens is 2. The summed E-state index contributed by atoms with van der Waals surface area (Å²) in [5.74, 6) is 1.04. The Labute approximate surface area is 99.7 Å². The van der Waals surface area contributed by atoms with Crippen molar-refractivity contribution >= 4 is 5.82 Å². The maximum atomic E-state index is 13.7. The summed E-state index contributed by atoms with van der Waals surface area (Å²) in [6, 6.07) is 6.73. The second-order valence-electron chi connectivity index (χ2n) is 3.92. The number of nitrogens with zero attached hydrogens (tertiary/aromatic N) is 2. The van der Waals surface area contributed by atoms with Gasteiger partial charge in [-0.25, -0.2) is 14.4 Å². The van der Waals surface area contributed by atoms with Crippen molar-refractivity contribution < 1.29 is 4.39 Å². The standard InChI is InChI=1S/C13H14FN3/c1-8-4-5-11(14)10(6-8)12-7-13(15-3)17-9(2)16-12/h4-7H,1-3H3,(H,15,16,17). The van der Waals surface area contributed by atoms with Gasteiger partial charge in [-0.2, -0.15) is 0 Å². The molecule has 1 aromatic heterocycles. The van der Waals surface area contributed by atoms with E-state index in [0.717, 1.165) is 5.56 Å². The van der Waals surface area contributed by atoms with Crippen molar-refractivity contribution in [1.82, 2.24) is 9.97 Å². The highest BCUT2D eigenvalue weighted by Gasteiger charge is 2.09. The summed E-state index contributed by atoms with van der Waals surface area (Å²) in [5, 5.41) is 2.94. The van der Waals surface area contributed by atoms with Crippen LogP contribution in [-0.2, 0) is 0 Å². The van der Waals surface area contributed by atoms with Gasteiger partial charge in [0.25, 0.3) is 0 Å². The van der Waals surface area contributed by atoms with Crippen LogP contribution in [0.4, 0.5) is 10.2 Å². The van der Waals surface area contributed by atoms with Crippen LogP contribution in [0.1, 0.15) is 11.4 Å². The Morgan fingerprint density at radius 1 is 1.12 bits per heavy atom. The van der Waals surface area contributed by atoms with Gasteiger partial charge in [-0.3, -0.25) is 0 Å². The van der Waals surface area contributed by atoms with E-state index >= 15 is 0 Å². The normalized spacial score (nSPS) is 10.4. The fraction of sp³-hybridized carbons (Fsp3) is 0.231. The van der Waals surface area contributed by atoms with Gasteiger partial charge in [-0.1, -0.05) is 11.6 Å². The topological polar surface area (TPSA) is 37.8 Å². The lowest BCUT2D eigenvalue weighted by atomic mass is 10.1. The van der Waals surface area contributed by atoms with E-state index in [-0.39, 0.29) is 5.82 Å². The zero-order valence-corrected chi connectivity index (χ0v) is 10.1. The van der Waals surface area contributed by atoms with E-state index in [1.165, 1.54) is 6.07 Å². The summed E-state index contributed by atoms with van der Waals surface area (Å²) in [6.07, 6.45) is 0. The first kappa shape index (κ1) is 11.5. The third kappa shape index (κ3) is 2.41. The summed E-state index contributed by atoms with van der Waals surface area (Å²) in [7, 11) is 1.78. The van der Waals surface area contributed by atoms with Crippen LogP contribution in [0.25, 0.3) is 11.3 Å². The molecule has 0 unspecified atom stereocenters. The summed E-state index contributed by atoms with van der Waals surface area (Å²) in [5.41, 5.74) is 2.11. The van der Waals surface area contributed by atoms with Gasteiger partial charge in [0.15, 0.2) is 0 Å². The predicted molar refractivity (Wildman–Crippen MR) is 66.4 cm³/mol. The molecule has 4 heteroatoms. The van der Waals surface area contributed by atoms with Gasteiger partial charge >= 0.3 is 0 Å². The van der Waals surface area contributed by atoms with Crippen molar-refractivity contribution in [2.24, 2.45) is 0 Å². The minimum atomic E-state index is -0.268. The lowest BCUT2D eigenvalue weighted by molar-refractivity contribution is 0.630. The predicted octanol–water partition coefficient (Wildman–Crippen LogP) is 2.94. The molecule has 1 heterocycles. The van der Waals surface area contributed by atoms with Crippen LogP contribution in [0.5, 0.6) is 0 Å². The van der Waals surface area contributed by atoms with Crippen molar-refractivity contribution in [2.75, 3.05) is 12.4 Å². The SMILES string of the molecule is CNc1cc(-c2cc(C)ccc2F)nc(C)n1. The molecule has 3 nitrogen and oxygen atoms in total. The number of rotatable bonds is 2. The summed E-state index contributed by atoms with van der Waals surface area (Å²) >= 11 is 0. The molecule has 0 radical (unpaired) electrons. The first-order chi connectivity index (χ1) is 8.10. The fourth-order valence-corrected chi connectivity index (χ4v) is 1.67. The van der Waals surface area contributed by atoms with E-state index < -0.39 is 0 Å². The minimum absolute atomic E-state index is 0.268. The highest BCUT2D eigenvalue weighted by atomic mass is 19.1. The first-order valence-electron chi connectivity index (χ1n) is 5.40. The molecule has 0 saturated heterocycles. The van der Waals surface area contributed by atoms with Crippen LogP contribution < -0.4 is 5.32 Å². The molecule has 0 aliphatic carbocycles. The molecule has 0 spiro atoms. The Balaban J connectivity index is 2.59. The fourth-order valence-electron chi connectivity index (χ4n) is 1.67. The van der Waals surface area contributed by atoms with Crippen LogP contribution in [-0.4, -0.2) is 17.0 Å². The lowest BCUT2D eigenvalue weighted by Crippen LogP contribution is -1.99. The average Bonchev–Trinajstić information content (AvgIpc) is 2.31. The molecule has 0 fully saturated rings. The van der Waals surface area contributed by atoms with E-state index in [1.54, 1.807) is 32.2 Å². The van der Waals surface area contributed by atoms with Gasteiger partial charge in [-0.15, -0.1) is 0 Å². The number of benzene rings is 1. The highest BCUT2D eigenvalue weighted by molar-refractivity contribution is 5.63. The molecule has 0 saturated carbocycles. The minimum Gasteiger partial charge on any atom is -0.373 e. The molecular weight excluding hydrogens is 217 g/mol. The molecule has 17 heavy (non-hydrogen) atoms. The van der Waals surface area contributed by atoms with E-state index in [9.17, 15) is 4.39 Å². The smallest absolute Gasteiger partial charge is 0.132 e. The molecule has 0 aliphatic rings. The highest BCUT2D eigenvalue weighted by Crippen LogP contribution is 2.23. The van der Waals surface area contributed by atoms with Gasteiger partial charge in [0.05, 0.1) is 5.69 Å². The molecule has 2 rings (SSSR count). The van der Waals surface area contributed by atoms with Crippen molar-refractivity contribution in [2.45, 2.75) is 13.8 Å². The number of halogens is 1. The van der Waals surface area contributed by atoms with E-state index in [4.69, 9.17) is 0 Å². The second kappa shape index (κ2) is 4.49. The largest absolute Gasteiger partial charge is 0.373 e. The summed E-state index contributed by atoms with van der Waals surface area (Å²) < 4.78 is 13.7. The van der Waals surface area contributed by atoms with E-state index in [1.807, 2.05) is 6.92 Å². The molecule has 0 bridgehead atoms. The van der Waals surface area contributed by atoms with Crippen LogP contribution in [0.15, 0.2) is 24.3 Å². The van der Waals surface area contributed by atoms with E-state index in [0.29, 0.717) is 22.9 Å². The van der Waals surface area contributed by atoms with Crippen molar-refractivity contribution in [3.63, 3.8) is 0 Å².